The lowest BCUT2D eigenvalue weighted by Gasteiger charge is -2.21. The third kappa shape index (κ3) is 5.28. The number of nitrogens with zero attached hydrogens (tertiary/aromatic N) is 2. The lowest BCUT2D eigenvalue weighted by molar-refractivity contribution is 0.110. The highest BCUT2D eigenvalue weighted by atomic mass is 16.5. The van der Waals surface area contributed by atoms with E-state index >= 15 is 0 Å². The Kier molecular flexibility index (Phi) is 7.04. The molecule has 0 fully saturated rings. The molecule has 0 aliphatic heterocycles. The van der Waals surface area contributed by atoms with Gasteiger partial charge in [0.1, 0.15) is 0 Å². The fraction of sp³-hybridized carbons (Fsp3) is 0.500. The summed E-state index contributed by atoms with van der Waals surface area (Å²) >= 11 is 0. The Labute approximate surface area is 109 Å². The lowest BCUT2D eigenvalue weighted by atomic mass is 10.1. The van der Waals surface area contributed by atoms with Gasteiger partial charge in [-0.3, -0.25) is 4.90 Å². The number of ether oxygens (including phenoxy) is 2. The average Bonchev–Trinajstić information content (AvgIpc) is 2.42. The van der Waals surface area contributed by atoms with Crippen LogP contribution in [-0.2, 0) is 16.0 Å². The van der Waals surface area contributed by atoms with Gasteiger partial charge in [-0.15, -0.1) is 0 Å². The fourth-order valence-corrected chi connectivity index (χ4v) is 1.71. The second-order valence-electron chi connectivity index (χ2n) is 4.07. The Morgan fingerprint density at radius 2 is 1.83 bits per heavy atom. The van der Waals surface area contributed by atoms with Gasteiger partial charge < -0.3 is 9.47 Å². The van der Waals surface area contributed by atoms with Crippen molar-refractivity contribution < 1.29 is 9.47 Å². The Morgan fingerprint density at radius 3 is 2.39 bits per heavy atom. The standard InChI is InChI=1S/C14H20N2O2/c1-17-8-6-16(7-9-18-2)12-14-5-3-4-13(10-14)11-15/h3-5,10H,6-9,12H2,1-2H3. The molecule has 0 saturated heterocycles. The summed E-state index contributed by atoms with van der Waals surface area (Å²) in [4.78, 5) is 2.25. The normalized spacial score (nSPS) is 10.6. The molecule has 0 amide bonds. The minimum atomic E-state index is 0.696. The van der Waals surface area contributed by atoms with Crippen LogP contribution in [0.5, 0.6) is 0 Å². The van der Waals surface area contributed by atoms with Crippen LogP contribution in [0.1, 0.15) is 11.1 Å². The van der Waals surface area contributed by atoms with Crippen LogP contribution in [-0.4, -0.2) is 45.4 Å². The molecular weight excluding hydrogens is 228 g/mol. The minimum absolute atomic E-state index is 0.696. The second-order valence-corrected chi connectivity index (χ2v) is 4.07. The van der Waals surface area contributed by atoms with Gasteiger partial charge in [-0.25, -0.2) is 0 Å². The van der Waals surface area contributed by atoms with E-state index in [0.29, 0.717) is 18.8 Å². The maximum Gasteiger partial charge on any atom is 0.0991 e. The van der Waals surface area contributed by atoms with Crippen molar-refractivity contribution >= 4 is 0 Å². The molecule has 4 heteroatoms. The number of nitriles is 1. The molecule has 18 heavy (non-hydrogen) atoms. The predicted octanol–water partition coefficient (Wildman–Crippen LogP) is 1.65. The Morgan fingerprint density at radius 1 is 1.17 bits per heavy atom. The van der Waals surface area contributed by atoms with Gasteiger partial charge in [0, 0.05) is 33.9 Å². The number of hydrogen-bond donors (Lipinski definition) is 0. The van der Waals surface area contributed by atoms with Crippen molar-refractivity contribution in [2.75, 3.05) is 40.5 Å². The summed E-state index contributed by atoms with van der Waals surface area (Å²) in [6.45, 7) is 3.92. The molecule has 0 bridgehead atoms. The molecule has 0 aliphatic carbocycles. The molecule has 0 N–H and O–H groups in total. The minimum Gasteiger partial charge on any atom is -0.383 e. The highest BCUT2D eigenvalue weighted by molar-refractivity contribution is 5.32. The zero-order valence-electron chi connectivity index (χ0n) is 11.1. The van der Waals surface area contributed by atoms with Crippen LogP contribution in [0.4, 0.5) is 0 Å². The monoisotopic (exact) mass is 248 g/mol. The van der Waals surface area contributed by atoms with Gasteiger partial charge in [-0.1, -0.05) is 12.1 Å². The third-order valence-electron chi connectivity index (χ3n) is 2.69. The molecule has 0 unspecified atom stereocenters. The van der Waals surface area contributed by atoms with Crippen LogP contribution < -0.4 is 0 Å². The van der Waals surface area contributed by atoms with E-state index in [-0.39, 0.29) is 0 Å². The molecule has 0 aromatic heterocycles. The Balaban J connectivity index is 2.59. The summed E-state index contributed by atoms with van der Waals surface area (Å²) in [5.41, 5.74) is 1.84. The SMILES string of the molecule is COCCN(CCOC)Cc1cccc(C#N)c1. The van der Waals surface area contributed by atoms with E-state index in [9.17, 15) is 0 Å². The van der Waals surface area contributed by atoms with Crippen molar-refractivity contribution in [3.63, 3.8) is 0 Å². The largest absolute Gasteiger partial charge is 0.383 e. The van der Waals surface area contributed by atoms with E-state index in [0.717, 1.165) is 25.2 Å². The van der Waals surface area contributed by atoms with Crippen LogP contribution in [0, 0.1) is 11.3 Å². The van der Waals surface area contributed by atoms with Crippen LogP contribution in [0.3, 0.4) is 0 Å². The van der Waals surface area contributed by atoms with Gasteiger partial charge in [0.2, 0.25) is 0 Å². The fourth-order valence-electron chi connectivity index (χ4n) is 1.71. The lowest BCUT2D eigenvalue weighted by Crippen LogP contribution is -2.30. The summed E-state index contributed by atoms with van der Waals surface area (Å²) < 4.78 is 10.2. The van der Waals surface area contributed by atoms with Gasteiger partial charge >= 0.3 is 0 Å². The Bertz CT molecular complexity index is 380. The molecule has 0 saturated carbocycles. The molecule has 0 heterocycles. The topological polar surface area (TPSA) is 45.5 Å². The number of hydrogen-bond acceptors (Lipinski definition) is 4. The van der Waals surface area contributed by atoms with Gasteiger partial charge in [0.05, 0.1) is 24.8 Å². The number of rotatable bonds is 8. The second kappa shape index (κ2) is 8.65. The molecule has 1 rings (SSSR count). The maximum absolute atomic E-state index is 8.88. The summed E-state index contributed by atoms with van der Waals surface area (Å²) in [5, 5.41) is 8.88. The quantitative estimate of drug-likeness (QED) is 0.702. The smallest absolute Gasteiger partial charge is 0.0991 e. The summed E-state index contributed by atoms with van der Waals surface area (Å²) in [7, 11) is 3.40. The molecule has 1 aromatic rings. The van der Waals surface area contributed by atoms with Crippen LogP contribution in [0.25, 0.3) is 0 Å². The van der Waals surface area contributed by atoms with Crippen molar-refractivity contribution in [2.45, 2.75) is 6.54 Å². The molecule has 0 spiro atoms. The highest BCUT2D eigenvalue weighted by Crippen LogP contribution is 2.07. The Hall–Kier alpha value is -1.41. The van der Waals surface area contributed by atoms with Crippen molar-refractivity contribution in [2.24, 2.45) is 0 Å². The predicted molar refractivity (Wildman–Crippen MR) is 70.2 cm³/mol. The first-order valence-electron chi connectivity index (χ1n) is 5.99. The molecule has 0 aliphatic rings. The molecular formula is C14H20N2O2. The van der Waals surface area contributed by atoms with Crippen LogP contribution >= 0.6 is 0 Å². The first-order chi connectivity index (χ1) is 8.80. The number of methoxy groups -OCH3 is 2. The molecule has 98 valence electrons. The first-order valence-corrected chi connectivity index (χ1v) is 5.99. The van der Waals surface area contributed by atoms with Crippen molar-refractivity contribution in [3.8, 4) is 6.07 Å². The third-order valence-corrected chi connectivity index (χ3v) is 2.69. The van der Waals surface area contributed by atoms with Crippen molar-refractivity contribution in [1.82, 2.24) is 4.90 Å². The molecule has 4 nitrogen and oxygen atoms in total. The number of benzene rings is 1. The van der Waals surface area contributed by atoms with E-state index in [4.69, 9.17) is 14.7 Å². The van der Waals surface area contributed by atoms with Gasteiger partial charge in [0.15, 0.2) is 0 Å². The average molecular weight is 248 g/mol. The van der Waals surface area contributed by atoms with E-state index < -0.39 is 0 Å². The first kappa shape index (κ1) is 14.7. The van der Waals surface area contributed by atoms with E-state index in [2.05, 4.69) is 11.0 Å². The van der Waals surface area contributed by atoms with E-state index in [1.165, 1.54) is 0 Å². The van der Waals surface area contributed by atoms with Crippen molar-refractivity contribution in [1.29, 1.82) is 5.26 Å². The summed E-state index contributed by atoms with van der Waals surface area (Å²) in [5.74, 6) is 0. The van der Waals surface area contributed by atoms with Gasteiger partial charge in [0.25, 0.3) is 0 Å². The zero-order chi connectivity index (χ0) is 13.2. The molecule has 1 aromatic carbocycles. The van der Waals surface area contributed by atoms with Gasteiger partial charge in [-0.2, -0.15) is 5.26 Å². The van der Waals surface area contributed by atoms with Gasteiger partial charge in [-0.05, 0) is 17.7 Å². The van der Waals surface area contributed by atoms with Crippen LogP contribution in [0.15, 0.2) is 24.3 Å². The highest BCUT2D eigenvalue weighted by Gasteiger charge is 2.06. The summed E-state index contributed by atoms with van der Waals surface area (Å²) in [6.07, 6.45) is 0. The van der Waals surface area contributed by atoms with E-state index in [1.54, 1.807) is 14.2 Å². The molecule has 0 radical (unpaired) electrons. The maximum atomic E-state index is 8.88. The summed E-state index contributed by atoms with van der Waals surface area (Å²) in [6, 6.07) is 9.85. The van der Waals surface area contributed by atoms with E-state index in [1.807, 2.05) is 24.3 Å². The van der Waals surface area contributed by atoms with Crippen LogP contribution in [0.2, 0.25) is 0 Å². The zero-order valence-corrected chi connectivity index (χ0v) is 11.1. The van der Waals surface area contributed by atoms with Crippen molar-refractivity contribution in [3.05, 3.63) is 35.4 Å². The molecule has 0 atom stereocenters.